The van der Waals surface area contributed by atoms with Gasteiger partial charge in [-0.2, -0.15) is 17.6 Å². The Morgan fingerprint density at radius 1 is 1.27 bits per heavy atom. The summed E-state index contributed by atoms with van der Waals surface area (Å²) in [6.07, 6.45) is -6.90. The molecule has 26 heavy (non-hydrogen) atoms. The average Bonchev–Trinajstić information content (AvgIpc) is 3.00. The maximum absolute atomic E-state index is 13.0. The van der Waals surface area contributed by atoms with E-state index in [2.05, 4.69) is 19.7 Å². The molecule has 0 radical (unpaired) electrons. The van der Waals surface area contributed by atoms with Crippen LogP contribution in [0.4, 0.5) is 17.6 Å². The quantitative estimate of drug-likeness (QED) is 0.653. The molecule has 3 rings (SSSR count). The number of alkyl halides is 4. The largest absolute Gasteiger partial charge is 0.461 e. The molecule has 3 aromatic rings. The second kappa shape index (κ2) is 7.02. The number of halogens is 4. The Kier molecular flexibility index (Phi) is 4.94. The van der Waals surface area contributed by atoms with E-state index >= 15 is 0 Å². The molecule has 0 bridgehead atoms. The number of nitrogens with one attached hydrogen (secondary N) is 1. The van der Waals surface area contributed by atoms with Gasteiger partial charge in [-0.3, -0.25) is 9.19 Å². The molecule has 1 N–H and O–H groups in total. The number of hydrogen-bond acceptors (Lipinski definition) is 4. The summed E-state index contributed by atoms with van der Waals surface area (Å²) in [6, 6.07) is 7.09. The smallest absolute Gasteiger partial charge is 0.428 e. The number of aryl methyl sites for hydroxylation is 1. The molecule has 0 aliphatic rings. The van der Waals surface area contributed by atoms with E-state index in [0.717, 1.165) is 17.7 Å². The lowest BCUT2D eigenvalue weighted by atomic mass is 10.3. The van der Waals surface area contributed by atoms with Crippen molar-refractivity contribution in [2.24, 2.45) is 0 Å². The van der Waals surface area contributed by atoms with Crippen LogP contribution in [0.15, 0.2) is 41.7 Å². The van der Waals surface area contributed by atoms with Crippen LogP contribution in [0.25, 0.3) is 11.0 Å². The van der Waals surface area contributed by atoms with Gasteiger partial charge in [0.1, 0.15) is 5.75 Å². The Morgan fingerprint density at radius 3 is 2.69 bits per heavy atom. The predicted octanol–water partition coefficient (Wildman–Crippen LogP) is 3.81. The summed E-state index contributed by atoms with van der Waals surface area (Å²) in [5, 5.41) is 0.125. The van der Waals surface area contributed by atoms with Crippen molar-refractivity contribution < 1.29 is 26.5 Å². The van der Waals surface area contributed by atoms with E-state index in [1.54, 1.807) is 12.3 Å². The van der Waals surface area contributed by atoms with Crippen molar-refractivity contribution in [3.63, 3.8) is 0 Å². The number of hydrogen-bond donors (Lipinski definition) is 1. The topological polar surface area (TPSA) is 67.9 Å². The maximum Gasteiger partial charge on any atom is 0.461 e. The van der Waals surface area contributed by atoms with Gasteiger partial charge in [-0.15, -0.1) is 0 Å². The first-order valence-corrected chi connectivity index (χ1v) is 8.71. The molecule has 1 atom stereocenters. The lowest BCUT2D eigenvalue weighted by Gasteiger charge is -2.16. The van der Waals surface area contributed by atoms with E-state index in [9.17, 15) is 21.8 Å². The third-order valence-electron chi connectivity index (χ3n) is 3.41. The van der Waals surface area contributed by atoms with Crippen LogP contribution in [0.3, 0.4) is 0 Å². The van der Waals surface area contributed by atoms with Gasteiger partial charge in [0.2, 0.25) is 0 Å². The summed E-state index contributed by atoms with van der Waals surface area (Å²) in [7, 11) is -1.54. The van der Waals surface area contributed by atoms with Crippen molar-refractivity contribution in [3.05, 3.63) is 47.8 Å². The normalized spacial score (nSPS) is 13.3. The van der Waals surface area contributed by atoms with Crippen LogP contribution in [0, 0.1) is 6.92 Å². The summed E-state index contributed by atoms with van der Waals surface area (Å²) >= 11 is 0. The Balaban J connectivity index is 1.80. The SMILES string of the molecule is Cc1ccc(CS(=O)c2nc3ccc(OC(F)(F)C(F)F)cc3[nH]2)nc1. The minimum Gasteiger partial charge on any atom is -0.428 e. The molecule has 0 saturated heterocycles. The number of aromatic nitrogens is 3. The number of aromatic amines is 1. The van der Waals surface area contributed by atoms with Crippen molar-refractivity contribution in [2.45, 2.75) is 30.4 Å². The molecule has 2 heterocycles. The lowest BCUT2D eigenvalue weighted by Crippen LogP contribution is -2.33. The van der Waals surface area contributed by atoms with E-state index in [1.807, 2.05) is 13.0 Å². The van der Waals surface area contributed by atoms with Crippen molar-refractivity contribution in [1.82, 2.24) is 15.0 Å². The highest BCUT2D eigenvalue weighted by atomic mass is 32.2. The molecule has 138 valence electrons. The van der Waals surface area contributed by atoms with Gasteiger partial charge in [0.05, 0.1) is 33.3 Å². The molecule has 1 aromatic carbocycles. The molecule has 0 saturated carbocycles. The molecule has 1 unspecified atom stereocenters. The maximum atomic E-state index is 13.0. The van der Waals surface area contributed by atoms with Gasteiger partial charge >= 0.3 is 12.5 Å². The highest BCUT2D eigenvalue weighted by Gasteiger charge is 2.44. The number of fused-ring (bicyclic) bond motifs is 1. The zero-order chi connectivity index (χ0) is 18.9. The Bertz CT molecular complexity index is 944. The molecule has 10 heteroatoms. The van der Waals surface area contributed by atoms with Crippen molar-refractivity contribution in [1.29, 1.82) is 0 Å². The highest BCUT2D eigenvalue weighted by molar-refractivity contribution is 7.84. The van der Waals surface area contributed by atoms with E-state index in [0.29, 0.717) is 11.2 Å². The second-order valence-corrected chi connectivity index (χ2v) is 6.87. The fourth-order valence-corrected chi connectivity index (χ4v) is 3.12. The predicted molar refractivity (Wildman–Crippen MR) is 86.8 cm³/mol. The first kappa shape index (κ1) is 18.3. The lowest BCUT2D eigenvalue weighted by molar-refractivity contribution is -0.253. The van der Waals surface area contributed by atoms with Gasteiger partial charge in [0.25, 0.3) is 0 Å². The molecular weight excluding hydrogens is 374 g/mol. The zero-order valence-corrected chi connectivity index (χ0v) is 14.2. The minimum absolute atomic E-state index is 0.118. The molecule has 0 fully saturated rings. The van der Waals surface area contributed by atoms with Gasteiger partial charge < -0.3 is 9.72 Å². The number of ether oxygens (including phenoxy) is 1. The van der Waals surface area contributed by atoms with Crippen molar-refractivity contribution in [2.75, 3.05) is 0 Å². The first-order valence-electron chi connectivity index (χ1n) is 7.39. The van der Waals surface area contributed by atoms with Gasteiger partial charge in [0.15, 0.2) is 5.16 Å². The molecule has 0 aliphatic carbocycles. The van der Waals surface area contributed by atoms with E-state index in [-0.39, 0.29) is 16.4 Å². The molecule has 0 spiro atoms. The van der Waals surface area contributed by atoms with Crippen LogP contribution in [0.1, 0.15) is 11.3 Å². The van der Waals surface area contributed by atoms with E-state index in [1.165, 1.54) is 6.07 Å². The summed E-state index contributed by atoms with van der Waals surface area (Å²) in [4.78, 5) is 11.0. The number of pyridine rings is 1. The first-order chi connectivity index (χ1) is 12.2. The number of rotatable bonds is 6. The van der Waals surface area contributed by atoms with Crippen LogP contribution >= 0.6 is 0 Å². The molecular formula is C16H13F4N3O2S. The number of benzene rings is 1. The standard InChI is InChI=1S/C16H13F4N3O2S/c1-9-2-3-10(21-7-9)8-26(24)15-22-12-5-4-11(6-13(12)23-15)25-16(19,20)14(17)18/h2-7,14H,8H2,1H3,(H,22,23). The van der Waals surface area contributed by atoms with Crippen LogP contribution in [-0.2, 0) is 16.6 Å². The van der Waals surface area contributed by atoms with Crippen LogP contribution in [0.2, 0.25) is 0 Å². The van der Waals surface area contributed by atoms with Gasteiger partial charge in [-0.25, -0.2) is 4.98 Å². The number of imidazole rings is 1. The Hall–Kier alpha value is -2.49. The number of nitrogens with zero attached hydrogens (tertiary/aromatic N) is 2. The Morgan fingerprint density at radius 2 is 2.04 bits per heavy atom. The van der Waals surface area contributed by atoms with Gasteiger partial charge in [-0.05, 0) is 30.7 Å². The molecule has 0 amide bonds. The second-order valence-electron chi connectivity index (χ2n) is 5.50. The zero-order valence-electron chi connectivity index (χ0n) is 13.4. The highest BCUT2D eigenvalue weighted by Crippen LogP contribution is 2.29. The van der Waals surface area contributed by atoms with Crippen LogP contribution in [0.5, 0.6) is 5.75 Å². The van der Waals surface area contributed by atoms with Crippen molar-refractivity contribution in [3.8, 4) is 5.75 Å². The number of H-pyrrole nitrogens is 1. The molecule has 0 aliphatic heterocycles. The third-order valence-corrected chi connectivity index (χ3v) is 4.59. The van der Waals surface area contributed by atoms with Gasteiger partial charge in [0, 0.05) is 12.3 Å². The monoisotopic (exact) mass is 387 g/mol. The van der Waals surface area contributed by atoms with Crippen LogP contribution < -0.4 is 4.74 Å². The summed E-state index contributed by atoms with van der Waals surface area (Å²) < 4.78 is 66.8. The van der Waals surface area contributed by atoms with E-state index < -0.39 is 29.1 Å². The summed E-state index contributed by atoms with van der Waals surface area (Å²) in [5.41, 5.74) is 2.16. The Labute approximate surface area is 147 Å². The van der Waals surface area contributed by atoms with E-state index in [4.69, 9.17) is 0 Å². The molecule has 2 aromatic heterocycles. The average molecular weight is 387 g/mol. The van der Waals surface area contributed by atoms with Crippen molar-refractivity contribution >= 4 is 21.8 Å². The minimum atomic E-state index is -4.60. The fraction of sp³-hybridized carbons (Fsp3) is 0.250. The molecule has 5 nitrogen and oxygen atoms in total. The summed E-state index contributed by atoms with van der Waals surface area (Å²) in [5.74, 6) is -0.337. The summed E-state index contributed by atoms with van der Waals surface area (Å²) in [6.45, 7) is 1.88. The third kappa shape index (κ3) is 4.01. The fourth-order valence-electron chi connectivity index (χ4n) is 2.12. The van der Waals surface area contributed by atoms with Crippen LogP contribution in [-0.4, -0.2) is 31.7 Å². The van der Waals surface area contributed by atoms with Gasteiger partial charge in [-0.1, -0.05) is 6.07 Å².